The molecule has 0 bridgehead atoms. The fraction of sp³-hybridized carbons (Fsp3) is 0.409. The normalized spacial score (nSPS) is 20.9. The molecule has 2 unspecified atom stereocenters. The molecule has 0 spiro atoms. The van der Waals surface area contributed by atoms with Gasteiger partial charge < -0.3 is 10.2 Å². The summed E-state index contributed by atoms with van der Waals surface area (Å²) in [7, 11) is -5.85. The molecular weight excluding hydrogens is 594 g/mol. The molecule has 38 heavy (non-hydrogen) atoms. The van der Waals surface area contributed by atoms with Crippen LogP contribution in [0.1, 0.15) is 20.4 Å². The Morgan fingerprint density at radius 3 is 2.63 bits per heavy atom. The van der Waals surface area contributed by atoms with Gasteiger partial charge in [-0.05, 0) is 23.6 Å². The number of nitrogens with one attached hydrogen (secondary N) is 2. The summed E-state index contributed by atoms with van der Waals surface area (Å²) < 4.78 is 53.0. The minimum Gasteiger partial charge on any atom is -0.357 e. The molecule has 2 amide bonds. The van der Waals surface area contributed by atoms with Crippen molar-refractivity contribution in [3.63, 3.8) is 0 Å². The van der Waals surface area contributed by atoms with Crippen molar-refractivity contribution in [2.45, 2.75) is 28.6 Å². The third kappa shape index (κ3) is 5.08. The van der Waals surface area contributed by atoms with Crippen molar-refractivity contribution in [1.29, 1.82) is 0 Å². The molecule has 1 fully saturated rings. The second-order valence-electron chi connectivity index (χ2n) is 9.03. The molecule has 1 saturated heterocycles. The molecule has 5 rings (SSSR count). The van der Waals surface area contributed by atoms with Crippen molar-refractivity contribution < 1.29 is 26.4 Å². The topological polar surface area (TPSA) is 146 Å². The van der Waals surface area contributed by atoms with E-state index in [-0.39, 0.29) is 41.8 Å². The highest BCUT2D eigenvalue weighted by Gasteiger charge is 2.41. The Balaban J connectivity index is 1.39. The molecular formula is C22H24ClN5O6S4. The van der Waals surface area contributed by atoms with Gasteiger partial charge in [0.15, 0.2) is 14.8 Å². The summed E-state index contributed by atoms with van der Waals surface area (Å²) in [5.41, 5.74) is 0.537. The van der Waals surface area contributed by atoms with Crippen molar-refractivity contribution >= 4 is 76.0 Å². The standard InChI is InChI=1S/C22H24ClN5O6S4/c1-24-20(29)15-11-27(38(33,34)19-7-12-3-4-13(23)8-16(12)35-19)5-6-28(15)22(30)21-26-14-9-18(37(2,31)32)25-10-17(14)36-21/h3-4,7-8,15,18,25H,5-6,9-11H2,1-2H3,(H,24,29). The van der Waals surface area contributed by atoms with Crippen LogP contribution in [0.5, 0.6) is 0 Å². The number of carbonyl (C=O) groups is 2. The van der Waals surface area contributed by atoms with E-state index in [0.717, 1.165) is 43.9 Å². The molecule has 204 valence electrons. The molecule has 2 aromatic heterocycles. The largest absolute Gasteiger partial charge is 0.357 e. The van der Waals surface area contributed by atoms with Gasteiger partial charge in [0.1, 0.15) is 15.6 Å². The first-order valence-electron chi connectivity index (χ1n) is 11.5. The Hall–Kier alpha value is -2.14. The van der Waals surface area contributed by atoms with E-state index in [0.29, 0.717) is 10.7 Å². The van der Waals surface area contributed by atoms with Crippen LogP contribution in [-0.2, 0) is 37.6 Å². The fourth-order valence-electron chi connectivity index (χ4n) is 4.50. The van der Waals surface area contributed by atoms with E-state index < -0.39 is 43.1 Å². The predicted octanol–water partition coefficient (Wildman–Crippen LogP) is 1.29. The maximum Gasteiger partial charge on any atom is 0.283 e. The molecule has 3 aromatic rings. The number of hydrogen-bond acceptors (Lipinski definition) is 10. The maximum absolute atomic E-state index is 13.5. The lowest BCUT2D eigenvalue weighted by Crippen LogP contribution is -2.61. The van der Waals surface area contributed by atoms with Crippen LogP contribution in [0.25, 0.3) is 10.1 Å². The van der Waals surface area contributed by atoms with E-state index in [9.17, 15) is 26.4 Å². The lowest BCUT2D eigenvalue weighted by molar-refractivity contribution is -0.126. The van der Waals surface area contributed by atoms with Gasteiger partial charge >= 0.3 is 0 Å². The summed E-state index contributed by atoms with van der Waals surface area (Å²) in [5, 5.41) is 6.07. The van der Waals surface area contributed by atoms with Gasteiger partial charge in [-0.1, -0.05) is 17.7 Å². The van der Waals surface area contributed by atoms with E-state index in [1.807, 2.05) is 0 Å². The number of fused-ring (bicyclic) bond motifs is 2. The van der Waals surface area contributed by atoms with Crippen molar-refractivity contribution in [3.8, 4) is 0 Å². The number of likely N-dealkylation sites (N-methyl/N-ethyl adjacent to an activating group) is 1. The van der Waals surface area contributed by atoms with E-state index in [1.165, 1.54) is 16.3 Å². The number of thiophene rings is 1. The number of amides is 2. The average Bonchev–Trinajstić information content (AvgIpc) is 3.50. The van der Waals surface area contributed by atoms with Crippen LogP contribution in [0.15, 0.2) is 28.5 Å². The zero-order valence-electron chi connectivity index (χ0n) is 20.3. The second-order valence-corrected chi connectivity index (χ2v) is 16.0. The molecule has 2 N–H and O–H groups in total. The highest BCUT2D eigenvalue weighted by Crippen LogP contribution is 2.34. The van der Waals surface area contributed by atoms with E-state index in [2.05, 4.69) is 15.6 Å². The minimum atomic E-state index is -3.93. The summed E-state index contributed by atoms with van der Waals surface area (Å²) >= 11 is 8.29. The number of halogens is 1. The van der Waals surface area contributed by atoms with Crippen LogP contribution in [0, 0.1) is 0 Å². The summed E-state index contributed by atoms with van der Waals surface area (Å²) in [6, 6.07) is 5.65. The van der Waals surface area contributed by atoms with Gasteiger partial charge in [0.25, 0.3) is 15.9 Å². The summed E-state index contributed by atoms with van der Waals surface area (Å²) in [6.45, 7) is 0.0372. The monoisotopic (exact) mass is 617 g/mol. The van der Waals surface area contributed by atoms with Crippen molar-refractivity contribution in [2.24, 2.45) is 0 Å². The van der Waals surface area contributed by atoms with Crippen LogP contribution < -0.4 is 10.6 Å². The fourth-order valence-corrected chi connectivity index (χ4v) is 9.61. The first kappa shape index (κ1) is 27.4. The lowest BCUT2D eigenvalue weighted by atomic mass is 10.1. The van der Waals surface area contributed by atoms with Gasteiger partial charge in [0, 0.05) is 60.5 Å². The van der Waals surface area contributed by atoms with Gasteiger partial charge in [-0.2, -0.15) is 4.31 Å². The zero-order valence-corrected chi connectivity index (χ0v) is 24.3. The number of thiazole rings is 1. The number of benzene rings is 1. The third-order valence-electron chi connectivity index (χ3n) is 6.55. The van der Waals surface area contributed by atoms with Crippen molar-refractivity contribution in [1.82, 2.24) is 24.8 Å². The molecule has 1 aromatic carbocycles. The van der Waals surface area contributed by atoms with Gasteiger partial charge in [0.05, 0.1) is 5.69 Å². The first-order valence-corrected chi connectivity index (χ1v) is 16.9. The highest BCUT2D eigenvalue weighted by molar-refractivity contribution is 7.91. The zero-order chi connectivity index (χ0) is 27.4. The van der Waals surface area contributed by atoms with Crippen LogP contribution in [0.3, 0.4) is 0 Å². The molecule has 0 aliphatic carbocycles. The number of nitrogens with zero attached hydrogens (tertiary/aromatic N) is 3. The number of hydrogen-bond donors (Lipinski definition) is 2. The molecule has 16 heteroatoms. The van der Waals surface area contributed by atoms with E-state index in [1.54, 1.807) is 24.3 Å². The smallest absolute Gasteiger partial charge is 0.283 e. The predicted molar refractivity (Wildman–Crippen MR) is 146 cm³/mol. The maximum atomic E-state index is 13.5. The van der Waals surface area contributed by atoms with Crippen LogP contribution in [0.2, 0.25) is 5.02 Å². The molecule has 0 saturated carbocycles. The molecule has 0 radical (unpaired) electrons. The average molecular weight is 618 g/mol. The van der Waals surface area contributed by atoms with E-state index in [4.69, 9.17) is 11.6 Å². The van der Waals surface area contributed by atoms with Gasteiger partial charge in [-0.3, -0.25) is 14.9 Å². The number of aromatic nitrogens is 1. The lowest BCUT2D eigenvalue weighted by Gasteiger charge is -2.39. The number of sulfone groups is 1. The quantitative estimate of drug-likeness (QED) is 0.436. The van der Waals surface area contributed by atoms with Crippen molar-refractivity contribution in [3.05, 3.63) is 44.9 Å². The molecule has 11 nitrogen and oxygen atoms in total. The number of sulfonamides is 1. The summed E-state index contributed by atoms with van der Waals surface area (Å²) in [4.78, 5) is 32.8. The Labute approximate surface area is 232 Å². The molecule has 2 aliphatic heterocycles. The first-order chi connectivity index (χ1) is 17.9. The molecule has 4 heterocycles. The van der Waals surface area contributed by atoms with Gasteiger partial charge in [-0.25, -0.2) is 21.8 Å². The van der Waals surface area contributed by atoms with Crippen LogP contribution >= 0.6 is 34.3 Å². The number of carbonyl (C=O) groups excluding carboxylic acids is 2. The number of rotatable bonds is 5. The van der Waals surface area contributed by atoms with Crippen molar-refractivity contribution in [2.75, 3.05) is 32.9 Å². The summed E-state index contributed by atoms with van der Waals surface area (Å²) in [6.07, 6.45) is 1.28. The Bertz CT molecular complexity index is 1650. The number of piperazine rings is 1. The highest BCUT2D eigenvalue weighted by atomic mass is 35.5. The Morgan fingerprint density at radius 1 is 1.16 bits per heavy atom. The molecule has 2 aliphatic rings. The minimum absolute atomic E-state index is 0.000628. The Morgan fingerprint density at radius 2 is 1.92 bits per heavy atom. The summed E-state index contributed by atoms with van der Waals surface area (Å²) in [5.74, 6) is -0.996. The third-order valence-corrected chi connectivity index (χ3v) is 12.7. The van der Waals surface area contributed by atoms with Crippen LogP contribution in [-0.4, -0.2) is 87.2 Å². The van der Waals surface area contributed by atoms with Crippen LogP contribution in [0.4, 0.5) is 0 Å². The Kier molecular flexibility index (Phi) is 7.30. The molecule has 2 atom stereocenters. The second kappa shape index (κ2) is 10.1. The van der Waals surface area contributed by atoms with Gasteiger partial charge in [0.2, 0.25) is 5.91 Å². The van der Waals surface area contributed by atoms with Gasteiger partial charge in [-0.15, -0.1) is 22.7 Å². The SMILES string of the molecule is CNC(=O)C1CN(S(=O)(=O)c2cc3ccc(Cl)cc3s2)CCN1C(=O)c1nc2c(s1)CNC(S(C)(=O)=O)C2. The van der Waals surface area contributed by atoms with E-state index >= 15 is 0 Å².